The van der Waals surface area contributed by atoms with Crippen LogP contribution in [0.15, 0.2) is 35.3 Å². The normalized spacial score (nSPS) is 16.9. The second kappa shape index (κ2) is 23.3. The SMILES string of the molecule is CN[C@@H](CCCN=C(N)N)C(=O)N[C@@H](CCCCN)C(=O)N1CCC[C@H]1C(=O)N[C@@H](Cc1ccccc1)C(=O)N[C@H](C(=O)N[C@@H](CC(C)C)C(=O)O)C(C)(C)C. The molecule has 17 nitrogen and oxygen atoms in total. The molecule has 0 bridgehead atoms. The van der Waals surface area contributed by atoms with Crippen LogP contribution >= 0.6 is 0 Å². The summed E-state index contributed by atoms with van der Waals surface area (Å²) in [6.45, 7) is 9.96. The zero-order valence-electron chi connectivity index (χ0n) is 33.9. The van der Waals surface area contributed by atoms with Crippen molar-refractivity contribution < 1.29 is 33.9 Å². The predicted octanol–water partition coefficient (Wildman–Crippen LogP) is 0.107. The molecule has 6 atom stereocenters. The molecule has 0 aliphatic carbocycles. The van der Waals surface area contributed by atoms with Crippen LogP contribution in [-0.2, 0) is 35.2 Å². The van der Waals surface area contributed by atoms with Crippen molar-refractivity contribution in [2.45, 2.75) is 129 Å². The Morgan fingerprint density at radius 2 is 1.48 bits per heavy atom. The van der Waals surface area contributed by atoms with Crippen molar-refractivity contribution >= 4 is 41.5 Å². The van der Waals surface area contributed by atoms with Crippen LogP contribution in [0.5, 0.6) is 0 Å². The first-order valence-electron chi connectivity index (χ1n) is 19.6. The number of nitrogens with one attached hydrogen (secondary N) is 5. The van der Waals surface area contributed by atoms with Crippen LogP contribution < -0.4 is 43.8 Å². The van der Waals surface area contributed by atoms with E-state index in [0.717, 1.165) is 5.56 Å². The van der Waals surface area contributed by atoms with Gasteiger partial charge in [0.15, 0.2) is 5.96 Å². The second-order valence-corrected chi connectivity index (χ2v) is 15.9. The molecular formula is C39H66N10O7. The quantitative estimate of drug-likeness (QED) is 0.0408. The van der Waals surface area contributed by atoms with Crippen molar-refractivity contribution in [2.75, 3.05) is 26.7 Å². The average molecular weight is 787 g/mol. The summed E-state index contributed by atoms with van der Waals surface area (Å²) in [6.07, 6.45) is 3.60. The molecule has 0 aromatic heterocycles. The van der Waals surface area contributed by atoms with Gasteiger partial charge in [-0.3, -0.25) is 29.0 Å². The maximum atomic E-state index is 14.1. The number of amides is 5. The number of carboxylic acids is 1. The monoisotopic (exact) mass is 787 g/mol. The summed E-state index contributed by atoms with van der Waals surface area (Å²) in [6, 6.07) is 3.14. The fraction of sp³-hybridized carbons (Fsp3) is 0.667. The molecule has 0 unspecified atom stereocenters. The summed E-state index contributed by atoms with van der Waals surface area (Å²) >= 11 is 0. The van der Waals surface area contributed by atoms with Gasteiger partial charge in [0.25, 0.3) is 0 Å². The van der Waals surface area contributed by atoms with Gasteiger partial charge in [-0.15, -0.1) is 0 Å². The number of unbranched alkanes of at least 4 members (excludes halogenated alkanes) is 1. The van der Waals surface area contributed by atoms with Crippen molar-refractivity contribution in [1.82, 2.24) is 31.5 Å². The number of likely N-dealkylation sites (N-methyl/N-ethyl adjacent to an activating group) is 1. The summed E-state index contributed by atoms with van der Waals surface area (Å²) in [5, 5.41) is 23.9. The largest absolute Gasteiger partial charge is 0.480 e. The lowest BCUT2D eigenvalue weighted by molar-refractivity contribution is -0.143. The lowest BCUT2D eigenvalue weighted by Gasteiger charge is -2.33. The minimum atomic E-state index is -1.18. The molecule has 1 aromatic carbocycles. The number of carbonyl (C=O) groups excluding carboxylic acids is 5. The first kappa shape index (κ1) is 47.4. The van der Waals surface area contributed by atoms with Crippen LogP contribution in [0, 0.1) is 11.3 Å². The van der Waals surface area contributed by atoms with Gasteiger partial charge in [-0.2, -0.15) is 0 Å². The Hall–Kier alpha value is -4.77. The van der Waals surface area contributed by atoms with Crippen LogP contribution in [0.4, 0.5) is 0 Å². The van der Waals surface area contributed by atoms with E-state index in [1.165, 1.54) is 4.90 Å². The number of aliphatic imine (C=N–C) groups is 1. The second-order valence-electron chi connectivity index (χ2n) is 15.9. The molecule has 1 heterocycles. The number of likely N-dealkylation sites (tertiary alicyclic amines) is 1. The van der Waals surface area contributed by atoms with Crippen molar-refractivity contribution in [3.63, 3.8) is 0 Å². The molecule has 56 heavy (non-hydrogen) atoms. The average Bonchev–Trinajstić information content (AvgIpc) is 3.62. The minimum Gasteiger partial charge on any atom is -0.480 e. The van der Waals surface area contributed by atoms with Gasteiger partial charge in [0.05, 0.1) is 6.04 Å². The van der Waals surface area contributed by atoms with E-state index in [-0.39, 0.29) is 37.2 Å². The number of carbonyl (C=O) groups is 6. The van der Waals surface area contributed by atoms with Gasteiger partial charge >= 0.3 is 5.97 Å². The van der Waals surface area contributed by atoms with Crippen molar-refractivity contribution in [1.29, 1.82) is 0 Å². The van der Waals surface area contributed by atoms with Crippen LogP contribution in [0.1, 0.15) is 91.5 Å². The van der Waals surface area contributed by atoms with E-state index >= 15 is 0 Å². The number of hydrogen-bond donors (Lipinski definition) is 9. The predicted molar refractivity (Wildman–Crippen MR) is 215 cm³/mol. The maximum absolute atomic E-state index is 14.1. The number of nitrogens with two attached hydrogens (primary N) is 3. The molecule has 1 aliphatic heterocycles. The molecule has 314 valence electrons. The Morgan fingerprint density at radius 1 is 0.857 bits per heavy atom. The number of carboxylic acid groups (broad SMARTS) is 1. The van der Waals surface area contributed by atoms with E-state index in [0.29, 0.717) is 58.0 Å². The number of benzene rings is 1. The molecule has 1 saturated heterocycles. The molecule has 2 rings (SSSR count). The maximum Gasteiger partial charge on any atom is 0.326 e. The van der Waals surface area contributed by atoms with Crippen molar-refractivity contribution in [2.24, 2.45) is 33.5 Å². The Labute approximate surface area is 331 Å². The molecule has 0 saturated carbocycles. The first-order valence-corrected chi connectivity index (χ1v) is 19.6. The van der Waals surface area contributed by atoms with Crippen LogP contribution in [0.3, 0.4) is 0 Å². The van der Waals surface area contributed by atoms with E-state index in [2.05, 4.69) is 31.6 Å². The van der Waals surface area contributed by atoms with Crippen molar-refractivity contribution in [3.8, 4) is 0 Å². The highest BCUT2D eigenvalue weighted by molar-refractivity contribution is 5.97. The Morgan fingerprint density at radius 3 is 2.05 bits per heavy atom. The lowest BCUT2D eigenvalue weighted by atomic mass is 9.85. The number of nitrogens with zero attached hydrogens (tertiary/aromatic N) is 2. The van der Waals surface area contributed by atoms with E-state index in [1.807, 2.05) is 32.0 Å². The third-order valence-electron chi connectivity index (χ3n) is 9.66. The van der Waals surface area contributed by atoms with Gasteiger partial charge in [0, 0.05) is 19.5 Å². The highest BCUT2D eigenvalue weighted by Crippen LogP contribution is 2.23. The first-order chi connectivity index (χ1) is 26.4. The highest BCUT2D eigenvalue weighted by atomic mass is 16.4. The van der Waals surface area contributed by atoms with E-state index in [1.54, 1.807) is 40.0 Å². The fourth-order valence-electron chi connectivity index (χ4n) is 6.63. The number of rotatable bonds is 23. The summed E-state index contributed by atoms with van der Waals surface area (Å²) in [5.74, 6) is -3.87. The fourth-order valence-corrected chi connectivity index (χ4v) is 6.63. The van der Waals surface area contributed by atoms with Crippen molar-refractivity contribution in [3.05, 3.63) is 35.9 Å². The molecular weight excluding hydrogens is 720 g/mol. The number of hydrogen-bond acceptors (Lipinski definition) is 9. The molecule has 0 radical (unpaired) electrons. The zero-order valence-corrected chi connectivity index (χ0v) is 33.9. The van der Waals surface area contributed by atoms with Gasteiger partial charge in [-0.25, -0.2) is 4.79 Å². The molecule has 17 heteroatoms. The van der Waals surface area contributed by atoms with Gasteiger partial charge in [-0.1, -0.05) is 65.0 Å². The summed E-state index contributed by atoms with van der Waals surface area (Å²) in [5.41, 5.74) is 16.5. The van der Waals surface area contributed by atoms with Gasteiger partial charge in [0.2, 0.25) is 29.5 Å². The number of guanidine groups is 1. The Bertz CT molecular complexity index is 1480. The van der Waals surface area contributed by atoms with Gasteiger partial charge < -0.3 is 53.8 Å². The third kappa shape index (κ3) is 15.8. The lowest BCUT2D eigenvalue weighted by Crippen LogP contribution is -2.61. The number of aliphatic carboxylic acids is 1. The molecule has 0 spiro atoms. The molecule has 1 aromatic rings. The Kier molecular flexibility index (Phi) is 19.7. The molecule has 5 amide bonds. The standard InChI is InChI=1S/C39H66N10O7/c1-24(2)22-29(37(55)56)47-35(53)31(39(3,4)5)48-33(51)28(23-25-14-8-7-9-15-25)46-34(52)30-18-13-21-49(30)36(54)27(16-10-11-19-40)45-32(50)26(43-6)17-12-20-44-38(41)42/h7-9,14-15,24,26-31,43H,10-13,16-23,40H2,1-6H3,(H,45,50)(H,46,52)(H,47,53)(H,48,51)(H,55,56)(H4,41,42,44)/t26-,27-,28-,29-,30-,31+/m0/s1. The van der Waals surface area contributed by atoms with Gasteiger partial charge in [-0.05, 0) is 81.9 Å². The highest BCUT2D eigenvalue weighted by Gasteiger charge is 2.41. The van der Waals surface area contributed by atoms with E-state index < -0.39 is 71.3 Å². The van der Waals surface area contributed by atoms with E-state index in [4.69, 9.17) is 17.2 Å². The summed E-state index contributed by atoms with van der Waals surface area (Å²) in [4.78, 5) is 86.6. The molecule has 1 aliphatic rings. The Balaban J connectivity index is 2.33. The minimum absolute atomic E-state index is 0.0118. The van der Waals surface area contributed by atoms with Gasteiger partial charge in [0.1, 0.15) is 30.2 Å². The third-order valence-corrected chi connectivity index (χ3v) is 9.66. The van der Waals surface area contributed by atoms with Crippen LogP contribution in [-0.4, -0.2) is 114 Å². The topological polar surface area (TPSA) is 276 Å². The molecule has 1 fully saturated rings. The summed E-state index contributed by atoms with van der Waals surface area (Å²) < 4.78 is 0. The van der Waals surface area contributed by atoms with Crippen LogP contribution in [0.2, 0.25) is 0 Å². The zero-order chi connectivity index (χ0) is 42.0. The van der Waals surface area contributed by atoms with E-state index in [9.17, 15) is 33.9 Å². The smallest absolute Gasteiger partial charge is 0.326 e. The molecule has 12 N–H and O–H groups in total. The summed E-state index contributed by atoms with van der Waals surface area (Å²) in [7, 11) is 1.65. The van der Waals surface area contributed by atoms with Crippen LogP contribution in [0.25, 0.3) is 0 Å².